The van der Waals surface area contributed by atoms with E-state index in [-0.39, 0.29) is 22.3 Å². The number of anilines is 3. The molecule has 1 aliphatic heterocycles. The van der Waals surface area contributed by atoms with Gasteiger partial charge >= 0.3 is 0 Å². The van der Waals surface area contributed by atoms with Gasteiger partial charge in [0, 0.05) is 47.7 Å². The van der Waals surface area contributed by atoms with E-state index in [4.69, 9.17) is 5.14 Å². The number of halogens is 1. The number of benzene rings is 2. The number of nitrogens with one attached hydrogen (secondary N) is 1. The predicted molar refractivity (Wildman–Crippen MR) is 135 cm³/mol. The molecule has 0 atom stereocenters. The van der Waals surface area contributed by atoms with E-state index in [1.165, 1.54) is 42.6 Å². The topological polar surface area (TPSA) is 148 Å². The fourth-order valence-corrected chi connectivity index (χ4v) is 5.64. The van der Waals surface area contributed by atoms with Gasteiger partial charge in [-0.2, -0.15) is 0 Å². The molecule has 2 aromatic heterocycles. The van der Waals surface area contributed by atoms with Gasteiger partial charge in [0.25, 0.3) is 0 Å². The maximum absolute atomic E-state index is 14.4. The third-order valence-electron chi connectivity index (χ3n) is 5.81. The van der Waals surface area contributed by atoms with Crippen LogP contribution >= 0.6 is 0 Å². The molecule has 1 fully saturated rings. The summed E-state index contributed by atoms with van der Waals surface area (Å²) >= 11 is 0. The van der Waals surface area contributed by atoms with E-state index in [9.17, 15) is 21.2 Å². The Bertz CT molecular complexity index is 1650. The molecule has 0 radical (unpaired) electrons. The van der Waals surface area contributed by atoms with Crippen molar-refractivity contribution in [3.8, 4) is 11.1 Å². The summed E-state index contributed by atoms with van der Waals surface area (Å²) in [5, 5.41) is 8.63. The fourth-order valence-electron chi connectivity index (χ4n) is 3.92. The number of primary sulfonamides is 1. The van der Waals surface area contributed by atoms with E-state index in [1.807, 2.05) is 4.90 Å². The lowest BCUT2D eigenvalue weighted by atomic mass is 10.0. The lowest BCUT2D eigenvalue weighted by Crippen LogP contribution is -2.40. The number of nitrogens with two attached hydrogens (primary N) is 1. The van der Waals surface area contributed by atoms with Gasteiger partial charge in [-0.15, -0.1) is 0 Å². The smallest absolute Gasteiger partial charge is 0.238 e. The number of pyridine rings is 1. The van der Waals surface area contributed by atoms with E-state index in [1.54, 1.807) is 18.3 Å². The maximum atomic E-state index is 14.4. The molecule has 0 saturated carbocycles. The number of hydrogen-bond donors (Lipinski definition) is 2. The zero-order valence-electron chi connectivity index (χ0n) is 18.8. The summed E-state index contributed by atoms with van der Waals surface area (Å²) in [4.78, 5) is 15.1. The molecule has 0 amide bonds. The molecule has 36 heavy (non-hydrogen) atoms. The Morgan fingerprint density at radius 3 is 2.33 bits per heavy atom. The molecule has 186 valence electrons. The number of aromatic nitrogens is 3. The minimum Gasteiger partial charge on any atom is -0.355 e. The summed E-state index contributed by atoms with van der Waals surface area (Å²) in [6, 6.07) is 12.1. The Morgan fingerprint density at radius 1 is 0.972 bits per heavy atom. The Morgan fingerprint density at radius 2 is 1.69 bits per heavy atom. The summed E-state index contributed by atoms with van der Waals surface area (Å²) < 4.78 is 60.7. The van der Waals surface area contributed by atoms with E-state index in [0.29, 0.717) is 46.6 Å². The highest BCUT2D eigenvalue weighted by molar-refractivity contribution is 7.91. The first-order valence-corrected chi connectivity index (χ1v) is 14.2. The van der Waals surface area contributed by atoms with Crippen LogP contribution in [0.15, 0.2) is 65.8 Å². The number of sulfonamides is 1. The van der Waals surface area contributed by atoms with E-state index < -0.39 is 25.7 Å². The van der Waals surface area contributed by atoms with Gasteiger partial charge in [-0.05, 0) is 48.5 Å². The monoisotopic (exact) mass is 528 g/mol. The largest absolute Gasteiger partial charge is 0.355 e. The molecule has 3 heterocycles. The second-order valence-electron chi connectivity index (χ2n) is 8.32. The van der Waals surface area contributed by atoms with E-state index in [0.717, 1.165) is 0 Å². The molecule has 1 saturated heterocycles. The van der Waals surface area contributed by atoms with E-state index in [2.05, 4.69) is 20.3 Å². The summed E-state index contributed by atoms with van der Waals surface area (Å²) in [7, 11) is -6.81. The minimum atomic E-state index is -3.81. The predicted octanol–water partition coefficient (Wildman–Crippen LogP) is 2.46. The average Bonchev–Trinajstić information content (AvgIpc) is 2.84. The second-order valence-corrected chi connectivity index (χ2v) is 12.2. The SMILES string of the molecule is NS(=O)(=O)c1ccc(Nc2ncc3cc(F)cc(-c4ccc(N5CCS(=O)(=O)CC5)nc4)c3n2)cc1. The first-order valence-electron chi connectivity index (χ1n) is 10.9. The van der Waals surface area contributed by atoms with Crippen molar-refractivity contribution in [2.24, 2.45) is 5.14 Å². The molecule has 0 bridgehead atoms. The van der Waals surface area contributed by atoms with Crippen LogP contribution in [0.2, 0.25) is 0 Å². The summed E-state index contributed by atoms with van der Waals surface area (Å²) in [5.74, 6) is 0.600. The Labute approximate surface area is 207 Å². The average molecular weight is 529 g/mol. The van der Waals surface area contributed by atoms with Crippen LogP contribution in [-0.4, -0.2) is 56.4 Å². The van der Waals surface area contributed by atoms with Crippen molar-refractivity contribution in [3.63, 3.8) is 0 Å². The molecular weight excluding hydrogens is 507 g/mol. The molecule has 0 aliphatic carbocycles. The van der Waals surface area contributed by atoms with Crippen LogP contribution in [0, 0.1) is 5.82 Å². The van der Waals surface area contributed by atoms with Crippen molar-refractivity contribution in [2.45, 2.75) is 4.90 Å². The number of fused-ring (bicyclic) bond motifs is 1. The summed E-state index contributed by atoms with van der Waals surface area (Å²) in [5.41, 5.74) is 2.18. The number of sulfone groups is 1. The summed E-state index contributed by atoms with van der Waals surface area (Å²) in [6.45, 7) is 0.746. The molecular formula is C23H21FN6O4S2. The van der Waals surface area contributed by atoms with Gasteiger partial charge in [0.2, 0.25) is 16.0 Å². The highest BCUT2D eigenvalue weighted by atomic mass is 32.2. The molecule has 2 aromatic carbocycles. The molecule has 3 N–H and O–H groups in total. The number of nitrogens with zero attached hydrogens (tertiary/aromatic N) is 4. The summed E-state index contributed by atoms with van der Waals surface area (Å²) in [6.07, 6.45) is 3.10. The lowest BCUT2D eigenvalue weighted by molar-refractivity contribution is 0.586. The Kier molecular flexibility index (Phi) is 6.06. The van der Waals surface area contributed by atoms with Crippen LogP contribution in [0.25, 0.3) is 22.0 Å². The zero-order valence-corrected chi connectivity index (χ0v) is 20.4. The number of hydrogen-bond acceptors (Lipinski definition) is 9. The van der Waals surface area contributed by atoms with Gasteiger partial charge in [0.05, 0.1) is 21.9 Å². The highest BCUT2D eigenvalue weighted by Crippen LogP contribution is 2.30. The fraction of sp³-hybridized carbons (Fsp3) is 0.174. The standard InChI is InChI=1S/C23H21FN6O4S2/c24-17-11-16-14-27-23(28-18-2-4-19(5-3-18)36(25,33)34)29-22(16)20(12-17)15-1-6-21(26-13-15)30-7-9-35(31,32)10-8-30/h1-6,11-14H,7-10H2,(H2,25,33,34)(H,27,28,29). The molecule has 5 rings (SSSR count). The van der Waals surface area contributed by atoms with Crippen molar-refractivity contribution in [1.82, 2.24) is 15.0 Å². The molecule has 13 heteroatoms. The molecule has 1 aliphatic rings. The first-order chi connectivity index (χ1) is 17.1. The molecule has 0 unspecified atom stereocenters. The third-order valence-corrected chi connectivity index (χ3v) is 8.35. The van der Waals surface area contributed by atoms with Gasteiger partial charge in [0.15, 0.2) is 9.84 Å². The van der Waals surface area contributed by atoms with Crippen LogP contribution in [0.3, 0.4) is 0 Å². The minimum absolute atomic E-state index is 0.0210. The van der Waals surface area contributed by atoms with Crippen LogP contribution in [0.4, 0.5) is 21.8 Å². The van der Waals surface area contributed by atoms with Crippen molar-refractivity contribution in [2.75, 3.05) is 34.8 Å². The molecule has 10 nitrogen and oxygen atoms in total. The van der Waals surface area contributed by atoms with E-state index >= 15 is 0 Å². The zero-order chi connectivity index (χ0) is 25.5. The third kappa shape index (κ3) is 5.12. The first kappa shape index (κ1) is 24.0. The maximum Gasteiger partial charge on any atom is 0.238 e. The van der Waals surface area contributed by atoms with Crippen molar-refractivity contribution >= 4 is 48.2 Å². The second kappa shape index (κ2) is 9.08. The van der Waals surface area contributed by atoms with Gasteiger partial charge in [-0.3, -0.25) is 0 Å². The van der Waals surface area contributed by atoms with Crippen molar-refractivity contribution in [3.05, 3.63) is 66.7 Å². The van der Waals surface area contributed by atoms with Gasteiger partial charge < -0.3 is 10.2 Å². The van der Waals surface area contributed by atoms with Gasteiger partial charge in [-0.25, -0.2) is 41.3 Å². The van der Waals surface area contributed by atoms with Crippen LogP contribution in [-0.2, 0) is 19.9 Å². The van der Waals surface area contributed by atoms with Crippen LogP contribution in [0.1, 0.15) is 0 Å². The van der Waals surface area contributed by atoms with Crippen molar-refractivity contribution in [1.29, 1.82) is 0 Å². The Hall–Kier alpha value is -3.68. The van der Waals surface area contributed by atoms with Gasteiger partial charge in [0.1, 0.15) is 11.6 Å². The molecule has 0 spiro atoms. The normalized spacial score (nSPS) is 15.7. The van der Waals surface area contributed by atoms with Crippen LogP contribution < -0.4 is 15.4 Å². The quantitative estimate of drug-likeness (QED) is 0.398. The van der Waals surface area contributed by atoms with Gasteiger partial charge in [-0.1, -0.05) is 0 Å². The lowest BCUT2D eigenvalue weighted by Gasteiger charge is -2.27. The highest BCUT2D eigenvalue weighted by Gasteiger charge is 2.22. The Balaban J connectivity index is 1.44. The molecule has 4 aromatic rings. The number of rotatable bonds is 5. The van der Waals surface area contributed by atoms with Crippen LogP contribution in [0.5, 0.6) is 0 Å². The van der Waals surface area contributed by atoms with Crippen molar-refractivity contribution < 1.29 is 21.2 Å².